The molecule has 0 spiro atoms. The van der Waals surface area contributed by atoms with Gasteiger partial charge < -0.3 is 10.1 Å². The zero-order valence-electron chi connectivity index (χ0n) is 10.8. The van der Waals surface area contributed by atoms with Crippen LogP contribution in [0.15, 0.2) is 29.2 Å². The molecule has 1 aliphatic heterocycles. The van der Waals surface area contributed by atoms with E-state index in [1.807, 2.05) is 0 Å². The second kappa shape index (κ2) is 5.71. The molecule has 0 unspecified atom stereocenters. The van der Waals surface area contributed by atoms with Crippen LogP contribution in [-0.4, -0.2) is 39.8 Å². The summed E-state index contributed by atoms with van der Waals surface area (Å²) in [4.78, 5) is 12.1. The molecular weight excluding hydrogens is 266 g/mol. The summed E-state index contributed by atoms with van der Waals surface area (Å²) in [5, 5.41) is 2.72. The number of hydrogen-bond donors (Lipinski definition) is 1. The Morgan fingerprint density at radius 1 is 1.42 bits per heavy atom. The standard InChI is InChI=1S/C13H17NO4S/c1-19(16,17)12-7-3-2-6-11(12)13(15)14-9-10-5-4-8-18-10/h2-3,6-7,10H,4-5,8-9H2,1H3,(H,14,15)/t10-/m1/s1. The molecule has 0 bridgehead atoms. The third-order valence-electron chi connectivity index (χ3n) is 3.05. The van der Waals surface area contributed by atoms with Gasteiger partial charge in [-0.2, -0.15) is 0 Å². The summed E-state index contributed by atoms with van der Waals surface area (Å²) in [5.41, 5.74) is 0.183. The van der Waals surface area contributed by atoms with E-state index in [9.17, 15) is 13.2 Å². The summed E-state index contributed by atoms with van der Waals surface area (Å²) in [6, 6.07) is 6.21. The SMILES string of the molecule is CS(=O)(=O)c1ccccc1C(=O)NC[C@H]1CCCO1. The summed E-state index contributed by atoms with van der Waals surface area (Å²) in [6.45, 7) is 1.14. The molecule has 1 N–H and O–H groups in total. The van der Waals surface area contributed by atoms with Gasteiger partial charge in [0.15, 0.2) is 9.84 Å². The molecule has 1 aromatic rings. The van der Waals surface area contributed by atoms with Crippen LogP contribution in [0.1, 0.15) is 23.2 Å². The number of ether oxygens (including phenoxy) is 1. The zero-order chi connectivity index (χ0) is 13.9. The minimum Gasteiger partial charge on any atom is -0.376 e. The lowest BCUT2D eigenvalue weighted by atomic mass is 10.2. The number of amides is 1. The molecule has 6 heteroatoms. The molecule has 1 saturated heterocycles. The van der Waals surface area contributed by atoms with Crippen LogP contribution >= 0.6 is 0 Å². The molecule has 1 heterocycles. The highest BCUT2D eigenvalue weighted by Crippen LogP contribution is 2.16. The molecule has 1 fully saturated rings. The molecule has 0 aliphatic carbocycles. The maximum Gasteiger partial charge on any atom is 0.252 e. The molecule has 19 heavy (non-hydrogen) atoms. The van der Waals surface area contributed by atoms with E-state index in [0.29, 0.717) is 6.54 Å². The first kappa shape index (κ1) is 14.0. The Balaban J connectivity index is 2.10. The van der Waals surface area contributed by atoms with Crippen molar-refractivity contribution in [2.24, 2.45) is 0 Å². The van der Waals surface area contributed by atoms with Gasteiger partial charge in [-0.1, -0.05) is 12.1 Å². The number of benzene rings is 1. The lowest BCUT2D eigenvalue weighted by Crippen LogP contribution is -2.32. The molecule has 1 aromatic carbocycles. The van der Waals surface area contributed by atoms with Gasteiger partial charge in [-0.15, -0.1) is 0 Å². The van der Waals surface area contributed by atoms with Gasteiger partial charge in [0, 0.05) is 19.4 Å². The second-order valence-electron chi connectivity index (χ2n) is 4.61. The summed E-state index contributed by atoms with van der Waals surface area (Å²) in [6.07, 6.45) is 3.06. The summed E-state index contributed by atoms with van der Waals surface area (Å²) < 4.78 is 28.6. The third kappa shape index (κ3) is 3.54. The largest absolute Gasteiger partial charge is 0.376 e. The number of sulfone groups is 1. The molecule has 1 atom stereocenters. The fraction of sp³-hybridized carbons (Fsp3) is 0.462. The quantitative estimate of drug-likeness (QED) is 0.894. The second-order valence-corrected chi connectivity index (χ2v) is 6.60. The van der Waals surface area contributed by atoms with E-state index in [1.54, 1.807) is 12.1 Å². The van der Waals surface area contributed by atoms with Gasteiger partial charge in [-0.25, -0.2) is 8.42 Å². The molecule has 0 saturated carbocycles. The van der Waals surface area contributed by atoms with Crippen LogP contribution < -0.4 is 5.32 Å². The van der Waals surface area contributed by atoms with Crippen molar-refractivity contribution in [1.29, 1.82) is 0 Å². The lowest BCUT2D eigenvalue weighted by molar-refractivity contribution is 0.0855. The molecule has 104 valence electrons. The Hall–Kier alpha value is -1.40. The van der Waals surface area contributed by atoms with Crippen molar-refractivity contribution in [1.82, 2.24) is 5.32 Å². The van der Waals surface area contributed by atoms with Crippen LogP contribution in [-0.2, 0) is 14.6 Å². The van der Waals surface area contributed by atoms with Gasteiger partial charge in [-0.3, -0.25) is 4.79 Å². The van der Waals surface area contributed by atoms with E-state index in [0.717, 1.165) is 25.7 Å². The zero-order valence-corrected chi connectivity index (χ0v) is 11.6. The van der Waals surface area contributed by atoms with Crippen molar-refractivity contribution in [3.05, 3.63) is 29.8 Å². The van der Waals surface area contributed by atoms with E-state index in [2.05, 4.69) is 5.32 Å². The van der Waals surface area contributed by atoms with Crippen molar-refractivity contribution < 1.29 is 17.9 Å². The fourth-order valence-electron chi connectivity index (χ4n) is 2.08. The summed E-state index contributed by atoms with van der Waals surface area (Å²) in [5.74, 6) is -0.378. The van der Waals surface area contributed by atoms with Crippen LogP contribution in [0.2, 0.25) is 0 Å². The predicted octanol–water partition coefficient (Wildman–Crippen LogP) is 0.999. The number of hydrogen-bond acceptors (Lipinski definition) is 4. The average Bonchev–Trinajstić information content (AvgIpc) is 2.88. The average molecular weight is 283 g/mol. The Kier molecular flexibility index (Phi) is 4.21. The first-order chi connectivity index (χ1) is 8.98. The smallest absolute Gasteiger partial charge is 0.252 e. The molecule has 1 aliphatic rings. The molecule has 2 rings (SSSR count). The number of carbonyl (C=O) groups excluding carboxylic acids is 1. The first-order valence-corrected chi connectivity index (χ1v) is 8.06. The highest BCUT2D eigenvalue weighted by atomic mass is 32.2. The minimum absolute atomic E-state index is 0.0364. The Morgan fingerprint density at radius 3 is 2.79 bits per heavy atom. The van der Waals surface area contributed by atoms with E-state index in [1.165, 1.54) is 12.1 Å². The van der Waals surface area contributed by atoms with E-state index >= 15 is 0 Å². The van der Waals surface area contributed by atoms with Gasteiger partial charge in [0.1, 0.15) is 0 Å². The van der Waals surface area contributed by atoms with Gasteiger partial charge in [-0.05, 0) is 25.0 Å². The van der Waals surface area contributed by atoms with Crippen molar-refractivity contribution in [2.45, 2.75) is 23.8 Å². The van der Waals surface area contributed by atoms with Crippen LogP contribution in [0.25, 0.3) is 0 Å². The lowest BCUT2D eigenvalue weighted by Gasteiger charge is -2.12. The van der Waals surface area contributed by atoms with Gasteiger partial charge >= 0.3 is 0 Å². The molecule has 1 amide bonds. The van der Waals surface area contributed by atoms with E-state index in [4.69, 9.17) is 4.74 Å². The van der Waals surface area contributed by atoms with Crippen molar-refractivity contribution in [3.8, 4) is 0 Å². The molecule has 5 nitrogen and oxygen atoms in total. The number of nitrogens with one attached hydrogen (secondary N) is 1. The maximum absolute atomic E-state index is 12.0. The normalized spacial score (nSPS) is 19.3. The topological polar surface area (TPSA) is 72.5 Å². The highest BCUT2D eigenvalue weighted by molar-refractivity contribution is 7.90. The summed E-state index contributed by atoms with van der Waals surface area (Å²) >= 11 is 0. The van der Waals surface area contributed by atoms with Crippen LogP contribution in [0, 0.1) is 0 Å². The third-order valence-corrected chi connectivity index (χ3v) is 4.20. The number of rotatable bonds is 4. The molecular formula is C13H17NO4S. The highest BCUT2D eigenvalue weighted by Gasteiger charge is 2.20. The molecule has 0 radical (unpaired) electrons. The van der Waals surface area contributed by atoms with Crippen molar-refractivity contribution in [2.75, 3.05) is 19.4 Å². The predicted molar refractivity (Wildman–Crippen MR) is 70.9 cm³/mol. The Morgan fingerprint density at radius 2 is 2.16 bits per heavy atom. The summed E-state index contributed by atoms with van der Waals surface area (Å²) in [7, 11) is -3.41. The van der Waals surface area contributed by atoms with Crippen LogP contribution in [0.5, 0.6) is 0 Å². The Labute approximate surface area is 112 Å². The van der Waals surface area contributed by atoms with Gasteiger partial charge in [0.05, 0.1) is 16.6 Å². The van der Waals surface area contributed by atoms with Crippen molar-refractivity contribution >= 4 is 15.7 Å². The van der Waals surface area contributed by atoms with Gasteiger partial charge in [0.25, 0.3) is 5.91 Å². The fourth-order valence-corrected chi connectivity index (χ4v) is 2.97. The number of carbonyl (C=O) groups is 1. The van der Waals surface area contributed by atoms with E-state index < -0.39 is 9.84 Å². The van der Waals surface area contributed by atoms with Crippen LogP contribution in [0.3, 0.4) is 0 Å². The van der Waals surface area contributed by atoms with E-state index in [-0.39, 0.29) is 22.5 Å². The van der Waals surface area contributed by atoms with Crippen LogP contribution in [0.4, 0.5) is 0 Å². The minimum atomic E-state index is -3.41. The molecule has 0 aromatic heterocycles. The van der Waals surface area contributed by atoms with Crippen molar-refractivity contribution in [3.63, 3.8) is 0 Å². The monoisotopic (exact) mass is 283 g/mol. The van der Waals surface area contributed by atoms with Gasteiger partial charge in [0.2, 0.25) is 0 Å². The Bertz CT molecular complexity index is 562. The maximum atomic E-state index is 12.0. The first-order valence-electron chi connectivity index (χ1n) is 6.17.